The second kappa shape index (κ2) is 9.58. The topological polar surface area (TPSA) is 68.1 Å². The summed E-state index contributed by atoms with van der Waals surface area (Å²) >= 11 is 0. The molecule has 0 unspecified atom stereocenters. The minimum absolute atomic E-state index is 0.564. The van der Waals surface area contributed by atoms with E-state index in [0.29, 0.717) is 12.6 Å². The first kappa shape index (κ1) is 21.4. The highest BCUT2D eigenvalue weighted by Crippen LogP contribution is 2.30. The Balaban J connectivity index is 1.38. The van der Waals surface area contributed by atoms with Gasteiger partial charge in [0.1, 0.15) is 12.4 Å². The van der Waals surface area contributed by atoms with Crippen molar-refractivity contribution < 1.29 is 4.74 Å². The van der Waals surface area contributed by atoms with E-state index in [4.69, 9.17) is 4.74 Å². The lowest BCUT2D eigenvalue weighted by molar-refractivity contribution is 0.183. The zero-order chi connectivity index (χ0) is 22.6. The van der Waals surface area contributed by atoms with Gasteiger partial charge in [0.2, 0.25) is 5.95 Å². The average molecular weight is 443 g/mol. The monoisotopic (exact) mass is 442 g/mol. The van der Waals surface area contributed by atoms with Gasteiger partial charge in [-0.3, -0.25) is 9.58 Å². The number of ether oxygens (including phenoxy) is 1. The highest BCUT2D eigenvalue weighted by molar-refractivity contribution is 5.80. The molecule has 1 N–H and O–H groups in total. The molecule has 5 rings (SSSR count). The molecule has 2 aromatic carbocycles. The molecule has 1 aliphatic heterocycles. The van der Waals surface area contributed by atoms with Gasteiger partial charge in [0.05, 0.1) is 11.7 Å². The zero-order valence-electron chi connectivity index (χ0n) is 19.3. The number of hydrogen-bond donors (Lipinski definition) is 1. The molecular weight excluding hydrogens is 412 g/mol. The summed E-state index contributed by atoms with van der Waals surface area (Å²) < 4.78 is 8.00. The Morgan fingerprint density at radius 2 is 1.88 bits per heavy atom. The summed E-state index contributed by atoms with van der Waals surface area (Å²) in [6, 6.07) is 12.4. The molecule has 7 nitrogen and oxygen atoms in total. The van der Waals surface area contributed by atoms with Crippen molar-refractivity contribution in [2.45, 2.75) is 26.2 Å². The lowest BCUT2D eigenvalue weighted by Crippen LogP contribution is -2.33. The molecule has 1 fully saturated rings. The van der Waals surface area contributed by atoms with Gasteiger partial charge in [0.15, 0.2) is 0 Å². The largest absolute Gasteiger partial charge is 0.492 e. The van der Waals surface area contributed by atoms with Crippen molar-refractivity contribution >= 4 is 22.5 Å². The van der Waals surface area contributed by atoms with Crippen LogP contribution in [0.1, 0.15) is 24.8 Å². The van der Waals surface area contributed by atoms with Crippen molar-refractivity contribution in [2.75, 3.05) is 31.6 Å². The van der Waals surface area contributed by atoms with Crippen LogP contribution in [0.3, 0.4) is 0 Å². The van der Waals surface area contributed by atoms with Crippen LogP contribution in [-0.2, 0) is 7.05 Å². The van der Waals surface area contributed by atoms with Crippen molar-refractivity contribution in [3.8, 4) is 16.9 Å². The van der Waals surface area contributed by atoms with E-state index < -0.39 is 0 Å². The Kier molecular flexibility index (Phi) is 6.21. The van der Waals surface area contributed by atoms with Crippen molar-refractivity contribution in [1.82, 2.24) is 24.6 Å². The Morgan fingerprint density at radius 1 is 1.00 bits per heavy atom. The van der Waals surface area contributed by atoms with Crippen LogP contribution < -0.4 is 10.1 Å². The SMILES string of the molecule is Cc1ccc2nc(Nc3cc(OCCN4CCCCC4)cc(-c4cnn(C)c4)c3)ncc2c1. The van der Waals surface area contributed by atoms with E-state index in [2.05, 4.69) is 56.5 Å². The number of anilines is 2. The van der Waals surface area contributed by atoms with Crippen molar-refractivity contribution in [3.05, 3.63) is 60.6 Å². The summed E-state index contributed by atoms with van der Waals surface area (Å²) in [6.45, 7) is 6.03. The first-order valence-electron chi connectivity index (χ1n) is 11.6. The summed E-state index contributed by atoms with van der Waals surface area (Å²) in [4.78, 5) is 11.7. The molecule has 0 spiro atoms. The van der Waals surface area contributed by atoms with Gasteiger partial charge in [-0.1, -0.05) is 18.1 Å². The maximum absolute atomic E-state index is 6.19. The molecule has 170 valence electrons. The number of benzene rings is 2. The van der Waals surface area contributed by atoms with Gasteiger partial charge >= 0.3 is 0 Å². The van der Waals surface area contributed by atoms with Gasteiger partial charge < -0.3 is 10.1 Å². The molecule has 0 radical (unpaired) electrons. The van der Waals surface area contributed by atoms with Gasteiger partial charge in [-0.15, -0.1) is 0 Å². The van der Waals surface area contributed by atoms with Crippen molar-refractivity contribution in [3.63, 3.8) is 0 Å². The Hall–Kier alpha value is -3.45. The number of fused-ring (bicyclic) bond motifs is 1. The van der Waals surface area contributed by atoms with Crippen LogP contribution in [0.4, 0.5) is 11.6 Å². The first-order valence-corrected chi connectivity index (χ1v) is 11.6. The molecule has 2 aromatic heterocycles. The molecule has 1 aliphatic rings. The smallest absolute Gasteiger partial charge is 0.227 e. The number of aryl methyl sites for hydroxylation is 2. The zero-order valence-corrected chi connectivity index (χ0v) is 19.3. The van der Waals surface area contributed by atoms with E-state index in [0.717, 1.165) is 40.0 Å². The van der Waals surface area contributed by atoms with E-state index in [9.17, 15) is 0 Å². The number of rotatable bonds is 7. The average Bonchev–Trinajstić information content (AvgIpc) is 3.26. The molecule has 0 atom stereocenters. The van der Waals surface area contributed by atoms with Gasteiger partial charge in [0.25, 0.3) is 0 Å². The van der Waals surface area contributed by atoms with E-state index in [-0.39, 0.29) is 0 Å². The summed E-state index contributed by atoms with van der Waals surface area (Å²) in [6.07, 6.45) is 9.65. The highest BCUT2D eigenvalue weighted by Gasteiger charge is 2.11. The normalized spacial score (nSPS) is 14.5. The Bertz CT molecular complexity index is 1240. The highest BCUT2D eigenvalue weighted by atomic mass is 16.5. The van der Waals surface area contributed by atoms with Crippen LogP contribution in [0.2, 0.25) is 0 Å². The van der Waals surface area contributed by atoms with Gasteiger partial charge in [0, 0.05) is 48.7 Å². The Labute approximate surface area is 194 Å². The maximum atomic E-state index is 6.19. The third-order valence-electron chi connectivity index (χ3n) is 6.06. The lowest BCUT2D eigenvalue weighted by Gasteiger charge is -2.26. The molecule has 0 bridgehead atoms. The lowest BCUT2D eigenvalue weighted by atomic mass is 10.1. The first-order chi connectivity index (χ1) is 16.1. The van der Waals surface area contributed by atoms with Gasteiger partial charge in [-0.2, -0.15) is 5.10 Å². The fraction of sp³-hybridized carbons (Fsp3) is 0.346. The number of hydrogen-bond acceptors (Lipinski definition) is 6. The van der Waals surface area contributed by atoms with Gasteiger partial charge in [-0.25, -0.2) is 9.97 Å². The van der Waals surface area contributed by atoms with Crippen LogP contribution in [0, 0.1) is 6.92 Å². The van der Waals surface area contributed by atoms with E-state index in [1.54, 1.807) is 4.68 Å². The minimum Gasteiger partial charge on any atom is -0.492 e. The van der Waals surface area contributed by atoms with Gasteiger partial charge in [-0.05, 0) is 62.7 Å². The van der Waals surface area contributed by atoms with Crippen LogP contribution in [-0.4, -0.2) is 50.9 Å². The molecule has 0 amide bonds. The van der Waals surface area contributed by atoms with E-state index >= 15 is 0 Å². The molecule has 1 saturated heterocycles. The van der Waals surface area contributed by atoms with Crippen LogP contribution >= 0.6 is 0 Å². The van der Waals surface area contributed by atoms with E-state index in [1.807, 2.05) is 37.8 Å². The predicted octanol–water partition coefficient (Wildman–Crippen LogP) is 4.95. The van der Waals surface area contributed by atoms with E-state index in [1.165, 1.54) is 37.9 Å². The number of nitrogens with zero attached hydrogens (tertiary/aromatic N) is 5. The molecule has 3 heterocycles. The van der Waals surface area contributed by atoms with Crippen LogP contribution in [0.5, 0.6) is 5.75 Å². The third-order valence-corrected chi connectivity index (χ3v) is 6.06. The number of likely N-dealkylation sites (tertiary alicyclic amines) is 1. The predicted molar refractivity (Wildman–Crippen MR) is 132 cm³/mol. The quantitative estimate of drug-likeness (QED) is 0.437. The second-order valence-electron chi connectivity index (χ2n) is 8.78. The second-order valence-corrected chi connectivity index (χ2v) is 8.78. The number of aromatic nitrogens is 4. The summed E-state index contributed by atoms with van der Waals surface area (Å²) in [5.74, 6) is 1.39. The van der Waals surface area contributed by atoms with Crippen molar-refractivity contribution in [1.29, 1.82) is 0 Å². The Morgan fingerprint density at radius 3 is 2.70 bits per heavy atom. The standard InChI is InChI=1S/C26H30N6O/c1-19-6-7-25-21(12-19)16-27-26(30-25)29-23-13-20(22-17-28-31(2)18-22)14-24(15-23)33-11-10-32-8-4-3-5-9-32/h6-7,12-18H,3-5,8-11H2,1-2H3,(H,27,29,30). The molecule has 0 saturated carbocycles. The molecule has 4 aromatic rings. The summed E-state index contributed by atoms with van der Waals surface area (Å²) in [7, 11) is 1.92. The molecule has 33 heavy (non-hydrogen) atoms. The molecule has 0 aliphatic carbocycles. The fourth-order valence-corrected chi connectivity index (χ4v) is 4.31. The summed E-state index contributed by atoms with van der Waals surface area (Å²) in [5, 5.41) is 8.73. The van der Waals surface area contributed by atoms with Crippen LogP contribution in [0.15, 0.2) is 55.0 Å². The summed E-state index contributed by atoms with van der Waals surface area (Å²) in [5.41, 5.74) is 5.08. The minimum atomic E-state index is 0.564. The van der Waals surface area contributed by atoms with Crippen molar-refractivity contribution in [2.24, 2.45) is 7.05 Å². The number of piperidine rings is 1. The molecular formula is C26H30N6O. The molecule has 7 heteroatoms. The maximum Gasteiger partial charge on any atom is 0.227 e. The number of nitrogens with one attached hydrogen (secondary N) is 1. The third kappa shape index (κ3) is 5.31. The fourth-order valence-electron chi connectivity index (χ4n) is 4.31. The van der Waals surface area contributed by atoms with Crippen LogP contribution in [0.25, 0.3) is 22.0 Å².